The first-order valence-electron chi connectivity index (χ1n) is 5.20. The van der Waals surface area contributed by atoms with E-state index in [2.05, 4.69) is 13.5 Å². The second kappa shape index (κ2) is 7.42. The summed E-state index contributed by atoms with van der Waals surface area (Å²) >= 11 is 0. The van der Waals surface area contributed by atoms with E-state index in [-0.39, 0.29) is 6.10 Å². The Hall–Kier alpha value is -0.990. The van der Waals surface area contributed by atoms with Gasteiger partial charge in [-0.05, 0) is 25.8 Å². The average Bonchev–Trinajstić information content (AvgIpc) is 2.16. The lowest BCUT2D eigenvalue weighted by Crippen LogP contribution is -2.18. The quantitative estimate of drug-likeness (QED) is 0.297. The molecule has 0 saturated heterocycles. The minimum atomic E-state index is -0.701. The molecule has 1 N–H and O–H groups in total. The SMILES string of the molecule is C=C(O)C(=O)OC(CC)CCCCC. The van der Waals surface area contributed by atoms with Crippen molar-refractivity contribution < 1.29 is 14.6 Å². The van der Waals surface area contributed by atoms with Gasteiger partial charge in [0.15, 0.2) is 5.76 Å². The number of carbonyl (C=O) groups is 1. The number of aliphatic hydroxyl groups is 1. The zero-order valence-corrected chi connectivity index (χ0v) is 9.08. The van der Waals surface area contributed by atoms with Crippen molar-refractivity contribution in [1.29, 1.82) is 0 Å². The van der Waals surface area contributed by atoms with Gasteiger partial charge in [0, 0.05) is 0 Å². The molecule has 0 rings (SSSR count). The number of ether oxygens (including phenoxy) is 1. The molecule has 0 heterocycles. The van der Waals surface area contributed by atoms with E-state index in [0.29, 0.717) is 0 Å². The van der Waals surface area contributed by atoms with Crippen LogP contribution in [0.15, 0.2) is 12.3 Å². The molecular weight excluding hydrogens is 180 g/mol. The number of rotatable bonds is 7. The summed E-state index contributed by atoms with van der Waals surface area (Å²) in [5, 5.41) is 8.77. The van der Waals surface area contributed by atoms with Gasteiger partial charge >= 0.3 is 5.97 Å². The molecular formula is C11H20O3. The molecule has 82 valence electrons. The second-order valence-electron chi connectivity index (χ2n) is 3.38. The van der Waals surface area contributed by atoms with Crippen molar-refractivity contribution in [2.24, 2.45) is 0 Å². The van der Waals surface area contributed by atoms with Gasteiger partial charge in [-0.15, -0.1) is 0 Å². The third-order valence-electron chi connectivity index (χ3n) is 2.09. The van der Waals surface area contributed by atoms with E-state index >= 15 is 0 Å². The summed E-state index contributed by atoms with van der Waals surface area (Å²) in [6.07, 6.45) is 4.91. The monoisotopic (exact) mass is 200 g/mol. The summed E-state index contributed by atoms with van der Waals surface area (Å²) in [5.74, 6) is -1.22. The van der Waals surface area contributed by atoms with Crippen molar-refractivity contribution in [3.63, 3.8) is 0 Å². The van der Waals surface area contributed by atoms with Crippen LogP contribution in [0.25, 0.3) is 0 Å². The zero-order valence-electron chi connectivity index (χ0n) is 9.08. The van der Waals surface area contributed by atoms with Gasteiger partial charge in [0.05, 0.1) is 0 Å². The highest BCUT2D eigenvalue weighted by Crippen LogP contribution is 2.11. The third kappa shape index (κ3) is 5.62. The molecule has 0 spiro atoms. The molecule has 0 aromatic heterocycles. The van der Waals surface area contributed by atoms with Crippen LogP contribution in [0, 0.1) is 0 Å². The van der Waals surface area contributed by atoms with Crippen molar-refractivity contribution in [1.82, 2.24) is 0 Å². The van der Waals surface area contributed by atoms with E-state index in [9.17, 15) is 4.79 Å². The molecule has 14 heavy (non-hydrogen) atoms. The number of carbonyl (C=O) groups excluding carboxylic acids is 1. The number of hydrogen-bond acceptors (Lipinski definition) is 3. The Balaban J connectivity index is 3.78. The first kappa shape index (κ1) is 13.0. The van der Waals surface area contributed by atoms with E-state index in [0.717, 1.165) is 32.1 Å². The Bertz CT molecular complexity index is 187. The van der Waals surface area contributed by atoms with Gasteiger partial charge in [-0.2, -0.15) is 0 Å². The van der Waals surface area contributed by atoms with Crippen LogP contribution < -0.4 is 0 Å². The summed E-state index contributed by atoms with van der Waals surface area (Å²) in [5.41, 5.74) is 0. The van der Waals surface area contributed by atoms with Crippen LogP contribution in [0.5, 0.6) is 0 Å². The summed E-state index contributed by atoms with van der Waals surface area (Å²) < 4.78 is 5.02. The maximum absolute atomic E-state index is 11.0. The molecule has 0 fully saturated rings. The molecule has 0 bridgehead atoms. The van der Waals surface area contributed by atoms with E-state index in [1.165, 1.54) is 0 Å². The van der Waals surface area contributed by atoms with Gasteiger partial charge < -0.3 is 9.84 Å². The Kier molecular flexibility index (Phi) is 6.89. The highest BCUT2D eigenvalue weighted by atomic mass is 16.6. The minimum absolute atomic E-state index is 0.0852. The Labute approximate surface area is 85.8 Å². The van der Waals surface area contributed by atoms with E-state index < -0.39 is 11.7 Å². The summed E-state index contributed by atoms with van der Waals surface area (Å²) in [6.45, 7) is 7.21. The fourth-order valence-corrected chi connectivity index (χ4v) is 1.19. The molecule has 3 nitrogen and oxygen atoms in total. The molecule has 1 atom stereocenters. The van der Waals surface area contributed by atoms with E-state index in [1.54, 1.807) is 0 Å². The van der Waals surface area contributed by atoms with Crippen LogP contribution >= 0.6 is 0 Å². The highest BCUT2D eigenvalue weighted by Gasteiger charge is 2.13. The lowest BCUT2D eigenvalue weighted by Gasteiger charge is -2.15. The fourth-order valence-electron chi connectivity index (χ4n) is 1.19. The number of aliphatic hydroxyl groups excluding tert-OH is 1. The van der Waals surface area contributed by atoms with Crippen LogP contribution in [-0.2, 0) is 9.53 Å². The summed E-state index contributed by atoms with van der Waals surface area (Å²) in [6, 6.07) is 0. The first-order chi connectivity index (χ1) is 6.61. The molecule has 0 radical (unpaired) electrons. The maximum Gasteiger partial charge on any atom is 0.372 e. The van der Waals surface area contributed by atoms with Crippen LogP contribution in [-0.4, -0.2) is 17.2 Å². The second-order valence-corrected chi connectivity index (χ2v) is 3.38. The highest BCUT2D eigenvalue weighted by molar-refractivity contribution is 5.85. The Morgan fingerprint density at radius 3 is 2.50 bits per heavy atom. The standard InChI is InChI=1S/C11H20O3/c1-4-6-7-8-10(5-2)14-11(13)9(3)12/h10,12H,3-8H2,1-2H3. The molecule has 0 aliphatic rings. The zero-order chi connectivity index (χ0) is 11.0. The van der Waals surface area contributed by atoms with Gasteiger partial charge in [-0.25, -0.2) is 4.79 Å². The number of hydrogen-bond donors (Lipinski definition) is 1. The van der Waals surface area contributed by atoms with Crippen LogP contribution in [0.4, 0.5) is 0 Å². The molecule has 0 aliphatic carbocycles. The lowest BCUT2D eigenvalue weighted by molar-refractivity contribution is -0.147. The normalized spacial score (nSPS) is 12.1. The van der Waals surface area contributed by atoms with Crippen molar-refractivity contribution >= 4 is 5.97 Å². The maximum atomic E-state index is 11.0. The van der Waals surface area contributed by atoms with Gasteiger partial charge in [-0.1, -0.05) is 26.7 Å². The third-order valence-corrected chi connectivity index (χ3v) is 2.09. The van der Waals surface area contributed by atoms with Crippen LogP contribution in [0.2, 0.25) is 0 Å². The predicted octanol–water partition coefficient (Wildman–Crippen LogP) is 2.96. The van der Waals surface area contributed by atoms with Gasteiger partial charge in [0.25, 0.3) is 0 Å². The van der Waals surface area contributed by atoms with Crippen LogP contribution in [0.3, 0.4) is 0 Å². The molecule has 0 aromatic rings. The predicted molar refractivity (Wildman–Crippen MR) is 56.1 cm³/mol. The van der Waals surface area contributed by atoms with Crippen molar-refractivity contribution in [3.8, 4) is 0 Å². The number of unbranched alkanes of at least 4 members (excludes halogenated alkanes) is 2. The smallest absolute Gasteiger partial charge is 0.372 e. The minimum Gasteiger partial charge on any atom is -0.502 e. The fraction of sp³-hybridized carbons (Fsp3) is 0.727. The molecule has 0 amide bonds. The summed E-state index contributed by atoms with van der Waals surface area (Å²) in [7, 11) is 0. The molecule has 0 saturated carbocycles. The van der Waals surface area contributed by atoms with E-state index in [4.69, 9.17) is 9.84 Å². The van der Waals surface area contributed by atoms with Crippen molar-refractivity contribution in [2.75, 3.05) is 0 Å². The van der Waals surface area contributed by atoms with Gasteiger partial charge in [0.2, 0.25) is 0 Å². The largest absolute Gasteiger partial charge is 0.502 e. The topological polar surface area (TPSA) is 46.5 Å². The Morgan fingerprint density at radius 2 is 2.07 bits per heavy atom. The van der Waals surface area contributed by atoms with Crippen molar-refractivity contribution in [3.05, 3.63) is 12.3 Å². The average molecular weight is 200 g/mol. The van der Waals surface area contributed by atoms with Crippen LogP contribution in [0.1, 0.15) is 46.0 Å². The molecule has 0 aliphatic heterocycles. The van der Waals surface area contributed by atoms with Gasteiger partial charge in [0.1, 0.15) is 6.10 Å². The Morgan fingerprint density at radius 1 is 1.43 bits per heavy atom. The number of esters is 1. The first-order valence-corrected chi connectivity index (χ1v) is 5.20. The van der Waals surface area contributed by atoms with Crippen molar-refractivity contribution in [2.45, 2.75) is 52.1 Å². The molecule has 0 aromatic carbocycles. The van der Waals surface area contributed by atoms with Gasteiger partial charge in [-0.3, -0.25) is 0 Å². The van der Waals surface area contributed by atoms with E-state index in [1.807, 2.05) is 6.92 Å². The molecule has 1 unspecified atom stereocenters. The molecule has 3 heteroatoms. The summed E-state index contributed by atoms with van der Waals surface area (Å²) in [4.78, 5) is 11.0. The lowest BCUT2D eigenvalue weighted by atomic mass is 10.1.